The molecule has 18 heavy (non-hydrogen) atoms. The van der Waals surface area contributed by atoms with Gasteiger partial charge in [0.05, 0.1) is 7.11 Å². The summed E-state index contributed by atoms with van der Waals surface area (Å²) in [6, 6.07) is -0.393. The molecule has 1 rings (SSSR count). The van der Waals surface area contributed by atoms with Crippen LogP contribution in [-0.2, 0) is 14.9 Å². The van der Waals surface area contributed by atoms with Crippen LogP contribution < -0.4 is 5.32 Å². The van der Waals surface area contributed by atoms with Gasteiger partial charge < -0.3 is 10.1 Å². The lowest BCUT2D eigenvalue weighted by molar-refractivity contribution is -0.142. The van der Waals surface area contributed by atoms with Gasteiger partial charge in [0.2, 0.25) is 5.13 Å². The summed E-state index contributed by atoms with van der Waals surface area (Å²) in [5.41, 5.74) is -0.0883. The molecule has 0 bridgehead atoms. The maximum Gasteiger partial charge on any atom is 0.328 e. The van der Waals surface area contributed by atoms with E-state index in [1.165, 1.54) is 18.6 Å². The molecule has 1 unspecified atom stereocenters. The van der Waals surface area contributed by atoms with Crippen molar-refractivity contribution in [1.82, 2.24) is 9.36 Å². The van der Waals surface area contributed by atoms with E-state index in [9.17, 15) is 4.79 Å². The van der Waals surface area contributed by atoms with Gasteiger partial charge in [-0.2, -0.15) is 4.37 Å². The highest BCUT2D eigenvalue weighted by molar-refractivity contribution is 7.09. The number of anilines is 1. The van der Waals surface area contributed by atoms with E-state index in [1.54, 1.807) is 0 Å². The van der Waals surface area contributed by atoms with Crippen LogP contribution in [0.2, 0.25) is 0 Å². The van der Waals surface area contributed by atoms with Crippen LogP contribution in [0, 0.1) is 5.92 Å². The molecule has 0 aliphatic carbocycles. The van der Waals surface area contributed by atoms with Gasteiger partial charge in [0.25, 0.3) is 0 Å². The molecule has 0 aliphatic rings. The van der Waals surface area contributed by atoms with Crippen LogP contribution in [0.1, 0.15) is 40.4 Å². The molecule has 0 saturated carbocycles. The third kappa shape index (κ3) is 3.66. The van der Waals surface area contributed by atoms with Crippen LogP contribution in [0.4, 0.5) is 5.13 Å². The van der Waals surface area contributed by atoms with E-state index in [0.717, 1.165) is 5.82 Å². The molecule has 0 fully saturated rings. The lowest BCUT2D eigenvalue weighted by atomic mass is 9.96. The Morgan fingerprint density at radius 1 is 1.39 bits per heavy atom. The van der Waals surface area contributed by atoms with Gasteiger partial charge >= 0.3 is 5.97 Å². The first kappa shape index (κ1) is 14.9. The summed E-state index contributed by atoms with van der Waals surface area (Å²) in [6.07, 6.45) is 0. The van der Waals surface area contributed by atoms with Crippen molar-refractivity contribution in [3.63, 3.8) is 0 Å². The van der Waals surface area contributed by atoms with E-state index < -0.39 is 6.04 Å². The Kier molecular flexibility index (Phi) is 4.67. The van der Waals surface area contributed by atoms with Gasteiger partial charge in [0, 0.05) is 16.9 Å². The molecular formula is C12H21N3O2S. The minimum atomic E-state index is -0.393. The zero-order chi connectivity index (χ0) is 13.9. The Hall–Kier alpha value is -1.17. The molecule has 0 radical (unpaired) electrons. The van der Waals surface area contributed by atoms with Crippen LogP contribution in [0.15, 0.2) is 0 Å². The summed E-state index contributed by atoms with van der Waals surface area (Å²) in [5.74, 6) is 0.624. The van der Waals surface area contributed by atoms with Crippen molar-refractivity contribution >= 4 is 22.6 Å². The summed E-state index contributed by atoms with van der Waals surface area (Å²) in [7, 11) is 1.39. The molecule has 0 spiro atoms. The van der Waals surface area contributed by atoms with Crippen molar-refractivity contribution < 1.29 is 9.53 Å². The molecule has 1 aromatic rings. The summed E-state index contributed by atoms with van der Waals surface area (Å²) >= 11 is 1.27. The number of carbonyl (C=O) groups is 1. The van der Waals surface area contributed by atoms with Crippen molar-refractivity contribution in [2.45, 2.75) is 46.1 Å². The average molecular weight is 271 g/mol. The van der Waals surface area contributed by atoms with E-state index in [-0.39, 0.29) is 17.3 Å². The minimum Gasteiger partial charge on any atom is -0.467 e. The SMILES string of the molecule is COC(=O)C(Nc1nc(C(C)(C)C)ns1)C(C)C. The molecule has 0 aromatic carbocycles. The average Bonchev–Trinajstić information content (AvgIpc) is 2.72. The Labute approximate surface area is 112 Å². The summed E-state index contributed by atoms with van der Waals surface area (Å²) in [6.45, 7) is 10.1. The summed E-state index contributed by atoms with van der Waals surface area (Å²) < 4.78 is 9.08. The van der Waals surface area contributed by atoms with Crippen LogP contribution in [0.25, 0.3) is 0 Å². The van der Waals surface area contributed by atoms with Crippen molar-refractivity contribution in [2.75, 3.05) is 12.4 Å². The molecule has 1 heterocycles. The van der Waals surface area contributed by atoms with Gasteiger partial charge in [-0.1, -0.05) is 34.6 Å². The van der Waals surface area contributed by atoms with Gasteiger partial charge in [-0.05, 0) is 5.92 Å². The topological polar surface area (TPSA) is 64.1 Å². The highest BCUT2D eigenvalue weighted by atomic mass is 32.1. The first-order valence-corrected chi connectivity index (χ1v) is 6.71. The molecule has 1 atom stereocenters. The highest BCUT2D eigenvalue weighted by Gasteiger charge is 2.25. The molecule has 1 aromatic heterocycles. The first-order chi connectivity index (χ1) is 8.25. The van der Waals surface area contributed by atoms with Crippen molar-refractivity contribution in [2.24, 2.45) is 5.92 Å². The maximum absolute atomic E-state index is 11.6. The highest BCUT2D eigenvalue weighted by Crippen LogP contribution is 2.24. The number of esters is 1. The molecule has 6 heteroatoms. The van der Waals surface area contributed by atoms with Crippen LogP contribution in [0.3, 0.4) is 0 Å². The zero-order valence-corrected chi connectivity index (χ0v) is 12.6. The largest absolute Gasteiger partial charge is 0.467 e. The van der Waals surface area contributed by atoms with Crippen LogP contribution in [0.5, 0.6) is 0 Å². The van der Waals surface area contributed by atoms with E-state index in [2.05, 4.69) is 35.4 Å². The minimum absolute atomic E-state index is 0.0883. The Morgan fingerprint density at radius 3 is 2.39 bits per heavy atom. The molecule has 5 nitrogen and oxygen atoms in total. The van der Waals surface area contributed by atoms with Crippen molar-refractivity contribution in [3.05, 3.63) is 5.82 Å². The summed E-state index contributed by atoms with van der Waals surface area (Å²) in [4.78, 5) is 16.0. The van der Waals surface area contributed by atoms with Gasteiger partial charge in [-0.15, -0.1) is 0 Å². The second kappa shape index (κ2) is 5.65. The lowest BCUT2D eigenvalue weighted by Crippen LogP contribution is -2.35. The summed E-state index contributed by atoms with van der Waals surface area (Å²) in [5, 5.41) is 3.75. The molecule has 0 saturated heterocycles. The van der Waals surface area contributed by atoms with E-state index in [1.807, 2.05) is 13.8 Å². The predicted molar refractivity (Wildman–Crippen MR) is 72.9 cm³/mol. The molecule has 0 aliphatic heterocycles. The third-order valence-corrected chi connectivity index (χ3v) is 3.14. The zero-order valence-electron chi connectivity index (χ0n) is 11.8. The molecule has 1 N–H and O–H groups in total. The normalized spacial score (nSPS) is 13.5. The number of nitrogens with zero attached hydrogens (tertiary/aromatic N) is 2. The quantitative estimate of drug-likeness (QED) is 0.852. The van der Waals surface area contributed by atoms with E-state index >= 15 is 0 Å². The second-order valence-electron chi connectivity index (χ2n) is 5.56. The van der Waals surface area contributed by atoms with Gasteiger partial charge in [-0.3, -0.25) is 0 Å². The Balaban J connectivity index is 2.82. The van der Waals surface area contributed by atoms with Gasteiger partial charge in [0.15, 0.2) is 0 Å². The maximum atomic E-state index is 11.6. The van der Waals surface area contributed by atoms with Crippen molar-refractivity contribution in [1.29, 1.82) is 0 Å². The predicted octanol–water partition coefficient (Wildman–Crippen LogP) is 2.45. The first-order valence-electron chi connectivity index (χ1n) is 5.94. The molecule has 0 amide bonds. The molecular weight excluding hydrogens is 250 g/mol. The van der Waals surface area contributed by atoms with Gasteiger partial charge in [0.1, 0.15) is 11.9 Å². The van der Waals surface area contributed by atoms with Crippen molar-refractivity contribution in [3.8, 4) is 0 Å². The van der Waals surface area contributed by atoms with E-state index in [0.29, 0.717) is 5.13 Å². The van der Waals surface area contributed by atoms with Gasteiger partial charge in [-0.25, -0.2) is 9.78 Å². The fourth-order valence-electron chi connectivity index (χ4n) is 1.34. The van der Waals surface area contributed by atoms with E-state index in [4.69, 9.17) is 4.74 Å². The third-order valence-electron chi connectivity index (χ3n) is 2.50. The second-order valence-corrected chi connectivity index (χ2v) is 6.31. The fraction of sp³-hybridized carbons (Fsp3) is 0.750. The number of hydrogen-bond donors (Lipinski definition) is 1. The number of nitrogens with one attached hydrogen (secondary N) is 1. The Bertz CT molecular complexity index is 410. The fourth-order valence-corrected chi connectivity index (χ4v) is 2.14. The number of carbonyl (C=O) groups excluding carboxylic acids is 1. The molecule has 102 valence electrons. The lowest BCUT2D eigenvalue weighted by Gasteiger charge is -2.19. The van der Waals surface area contributed by atoms with Crippen LogP contribution in [-0.4, -0.2) is 28.5 Å². The Morgan fingerprint density at radius 2 is 2.00 bits per heavy atom. The number of rotatable bonds is 4. The van der Waals surface area contributed by atoms with Crippen LogP contribution >= 0.6 is 11.5 Å². The smallest absolute Gasteiger partial charge is 0.328 e. The monoisotopic (exact) mass is 271 g/mol. The number of hydrogen-bond acceptors (Lipinski definition) is 6. The number of aromatic nitrogens is 2. The standard InChI is InChI=1S/C12H21N3O2S/c1-7(2)8(9(16)17-6)13-11-14-10(15-18-11)12(3,4)5/h7-8H,1-6H3,(H,13,14,15). The number of methoxy groups -OCH3 is 1. The number of ether oxygens (including phenoxy) is 1.